The first-order valence-electron chi connectivity index (χ1n) is 10.2. The van der Waals surface area contributed by atoms with Crippen molar-refractivity contribution in [3.63, 3.8) is 0 Å². The molecule has 0 heterocycles. The molecule has 0 atom stereocenters. The summed E-state index contributed by atoms with van der Waals surface area (Å²) in [5.41, 5.74) is 0. The number of hydrogen-bond acceptors (Lipinski definition) is 7. The van der Waals surface area contributed by atoms with E-state index in [1.54, 1.807) is 0 Å². The predicted octanol–water partition coefficient (Wildman–Crippen LogP) is 2.01. The Morgan fingerprint density at radius 2 is 1.48 bits per heavy atom. The highest BCUT2D eigenvalue weighted by molar-refractivity contribution is 5.69. The lowest BCUT2D eigenvalue weighted by Gasteiger charge is -2.27. The molecule has 0 aromatic rings. The maximum atomic E-state index is 11.9. The van der Waals surface area contributed by atoms with Crippen molar-refractivity contribution in [3.8, 4) is 0 Å². The van der Waals surface area contributed by atoms with Gasteiger partial charge in [-0.1, -0.05) is 6.92 Å². The van der Waals surface area contributed by atoms with Crippen LogP contribution in [0.2, 0.25) is 0 Å². The van der Waals surface area contributed by atoms with Crippen molar-refractivity contribution in [2.45, 2.75) is 51.9 Å². The Kier molecular flexibility index (Phi) is 13.1. The van der Waals surface area contributed by atoms with Crippen LogP contribution in [-0.2, 0) is 23.8 Å². The topological polar surface area (TPSA) is 85.3 Å². The van der Waals surface area contributed by atoms with Crippen LogP contribution in [0, 0.1) is 11.8 Å². The Morgan fingerprint density at radius 1 is 0.926 bits per heavy atom. The van der Waals surface area contributed by atoms with Gasteiger partial charge in [-0.2, -0.15) is 0 Å². The van der Waals surface area contributed by atoms with Crippen LogP contribution in [0.1, 0.15) is 51.9 Å². The second-order valence-corrected chi connectivity index (χ2v) is 7.39. The first-order chi connectivity index (χ1) is 13.0. The number of esters is 2. The molecular formula is C20H37NO6. The van der Waals surface area contributed by atoms with Crippen molar-refractivity contribution in [2.75, 3.05) is 53.2 Å². The number of rotatable bonds is 14. The van der Waals surface area contributed by atoms with Crippen molar-refractivity contribution in [3.05, 3.63) is 0 Å². The molecule has 0 aliphatic heterocycles. The number of carbonyl (C=O) groups excluding carboxylic acids is 2. The lowest BCUT2D eigenvalue weighted by atomic mass is 9.83. The van der Waals surface area contributed by atoms with Gasteiger partial charge in [0.25, 0.3) is 0 Å². The van der Waals surface area contributed by atoms with Gasteiger partial charge in [0.15, 0.2) is 0 Å². The van der Waals surface area contributed by atoms with Crippen LogP contribution in [0.25, 0.3) is 0 Å². The Labute approximate surface area is 163 Å². The van der Waals surface area contributed by atoms with E-state index in [0.29, 0.717) is 57.6 Å². The molecule has 7 heteroatoms. The Hall–Kier alpha value is -1.18. The third kappa shape index (κ3) is 12.0. The molecule has 0 spiro atoms. The Morgan fingerprint density at radius 3 is 2.00 bits per heavy atom. The molecule has 1 aliphatic rings. The van der Waals surface area contributed by atoms with Gasteiger partial charge in [0, 0.05) is 19.5 Å². The Balaban J connectivity index is 2.05. The summed E-state index contributed by atoms with van der Waals surface area (Å²) in [6, 6.07) is 0. The zero-order chi connectivity index (χ0) is 19.9. The third-order valence-corrected chi connectivity index (χ3v) is 4.93. The van der Waals surface area contributed by atoms with Crippen molar-refractivity contribution >= 4 is 11.9 Å². The molecule has 0 saturated heterocycles. The van der Waals surface area contributed by atoms with E-state index >= 15 is 0 Å². The van der Waals surface area contributed by atoms with Gasteiger partial charge in [-0.05, 0) is 51.0 Å². The van der Waals surface area contributed by atoms with Gasteiger partial charge in [-0.15, -0.1) is 0 Å². The van der Waals surface area contributed by atoms with Crippen LogP contribution in [0.5, 0.6) is 0 Å². The van der Waals surface area contributed by atoms with E-state index in [-0.39, 0.29) is 18.5 Å². The molecule has 158 valence electrons. The van der Waals surface area contributed by atoms with E-state index in [1.807, 2.05) is 18.9 Å². The van der Waals surface area contributed by atoms with Crippen LogP contribution in [0.4, 0.5) is 0 Å². The molecule has 1 aliphatic carbocycles. The van der Waals surface area contributed by atoms with E-state index in [2.05, 4.69) is 0 Å². The van der Waals surface area contributed by atoms with Gasteiger partial charge >= 0.3 is 11.9 Å². The van der Waals surface area contributed by atoms with Crippen molar-refractivity contribution in [2.24, 2.45) is 11.8 Å². The number of nitrogens with zero attached hydrogens (tertiary/aromatic N) is 1. The van der Waals surface area contributed by atoms with Gasteiger partial charge in [0.1, 0.15) is 0 Å². The van der Waals surface area contributed by atoms with Crippen molar-refractivity contribution in [1.82, 2.24) is 4.90 Å². The Bertz CT molecular complexity index is 409. The van der Waals surface area contributed by atoms with Gasteiger partial charge < -0.3 is 24.2 Å². The summed E-state index contributed by atoms with van der Waals surface area (Å²) in [4.78, 5) is 25.3. The molecule has 1 saturated carbocycles. The minimum atomic E-state index is -0.159. The molecule has 27 heavy (non-hydrogen) atoms. The minimum Gasteiger partial charge on any atom is -0.465 e. The second-order valence-electron chi connectivity index (χ2n) is 7.39. The maximum absolute atomic E-state index is 11.9. The number of hydrogen-bond donors (Lipinski definition) is 1. The molecular weight excluding hydrogens is 350 g/mol. The highest BCUT2D eigenvalue weighted by Crippen LogP contribution is 2.29. The minimum absolute atomic E-state index is 0.0297. The number of likely N-dealkylation sites (N-methyl/N-ethyl adjacent to an activating group) is 1. The van der Waals surface area contributed by atoms with Gasteiger partial charge in [0.2, 0.25) is 0 Å². The van der Waals surface area contributed by atoms with Gasteiger partial charge in [-0.25, -0.2) is 0 Å². The van der Waals surface area contributed by atoms with E-state index in [1.165, 1.54) is 0 Å². The van der Waals surface area contributed by atoms with Crippen LogP contribution in [-0.4, -0.2) is 75.1 Å². The van der Waals surface area contributed by atoms with Crippen LogP contribution in [0.3, 0.4) is 0 Å². The van der Waals surface area contributed by atoms with Crippen LogP contribution in [0.15, 0.2) is 0 Å². The van der Waals surface area contributed by atoms with Gasteiger partial charge in [0.05, 0.1) is 39.5 Å². The fourth-order valence-electron chi connectivity index (χ4n) is 3.12. The lowest BCUT2D eigenvalue weighted by Crippen LogP contribution is -2.28. The molecule has 1 fully saturated rings. The molecule has 0 aromatic heterocycles. The summed E-state index contributed by atoms with van der Waals surface area (Å²) in [5, 5.41) is 8.64. The average Bonchev–Trinajstić information content (AvgIpc) is 2.67. The summed E-state index contributed by atoms with van der Waals surface area (Å²) in [6.45, 7) is 5.27. The summed E-state index contributed by atoms with van der Waals surface area (Å²) in [6.07, 6.45) is 5.78. The standard InChI is InChI=1S/C20H37NO6/c1-3-4-19(23)26-15-17-5-7-18(8-6-17)16-27-20(24)9-10-21(2)11-13-25-14-12-22/h17-18,22H,3-16H2,1-2H3. The van der Waals surface area contributed by atoms with Gasteiger partial charge in [-0.3, -0.25) is 9.59 Å². The summed E-state index contributed by atoms with van der Waals surface area (Å²) in [7, 11) is 1.93. The van der Waals surface area contributed by atoms with Crippen molar-refractivity contribution < 1.29 is 28.9 Å². The van der Waals surface area contributed by atoms with Crippen LogP contribution < -0.4 is 0 Å². The van der Waals surface area contributed by atoms with Crippen LogP contribution >= 0.6 is 0 Å². The zero-order valence-electron chi connectivity index (χ0n) is 17.0. The highest BCUT2D eigenvalue weighted by atomic mass is 16.5. The fraction of sp³-hybridized carbons (Fsp3) is 0.900. The molecule has 0 unspecified atom stereocenters. The smallest absolute Gasteiger partial charge is 0.307 e. The summed E-state index contributed by atoms with van der Waals surface area (Å²) in [5.74, 6) is 0.604. The van der Waals surface area contributed by atoms with E-state index in [4.69, 9.17) is 19.3 Å². The van der Waals surface area contributed by atoms with E-state index in [9.17, 15) is 9.59 Å². The predicted molar refractivity (Wildman–Crippen MR) is 102 cm³/mol. The molecule has 0 bridgehead atoms. The molecule has 0 radical (unpaired) electrons. The summed E-state index contributed by atoms with van der Waals surface area (Å²) >= 11 is 0. The zero-order valence-corrected chi connectivity index (χ0v) is 17.0. The average molecular weight is 388 g/mol. The number of ether oxygens (including phenoxy) is 3. The normalized spacial score (nSPS) is 19.9. The largest absolute Gasteiger partial charge is 0.465 e. The first-order valence-corrected chi connectivity index (χ1v) is 10.2. The maximum Gasteiger partial charge on any atom is 0.307 e. The third-order valence-electron chi connectivity index (χ3n) is 4.93. The fourth-order valence-corrected chi connectivity index (χ4v) is 3.12. The molecule has 0 aromatic carbocycles. The quantitative estimate of drug-likeness (QED) is 0.360. The molecule has 1 N–H and O–H groups in total. The second kappa shape index (κ2) is 14.8. The first kappa shape index (κ1) is 23.9. The number of aliphatic hydroxyl groups is 1. The lowest BCUT2D eigenvalue weighted by molar-refractivity contribution is -0.147. The van der Waals surface area contributed by atoms with Crippen molar-refractivity contribution in [1.29, 1.82) is 0 Å². The monoisotopic (exact) mass is 387 g/mol. The molecule has 7 nitrogen and oxygen atoms in total. The summed E-state index contributed by atoms with van der Waals surface area (Å²) < 4.78 is 15.9. The number of carbonyl (C=O) groups is 2. The number of aliphatic hydroxyl groups excluding tert-OH is 1. The molecule has 1 rings (SSSR count). The SMILES string of the molecule is CCCC(=O)OCC1CCC(COC(=O)CCN(C)CCOCCO)CC1. The highest BCUT2D eigenvalue weighted by Gasteiger charge is 2.23. The van der Waals surface area contributed by atoms with E-state index in [0.717, 1.165) is 38.6 Å². The van der Waals surface area contributed by atoms with E-state index < -0.39 is 0 Å². The molecule has 0 amide bonds.